The van der Waals surface area contributed by atoms with E-state index in [2.05, 4.69) is 16.5 Å². The molecular formula is C22H27N5O5S. The first-order valence-electron chi connectivity index (χ1n) is 10.8. The predicted octanol–water partition coefficient (Wildman–Crippen LogP) is 2.32. The highest BCUT2D eigenvalue weighted by Crippen LogP contribution is 2.25. The Kier molecular flexibility index (Phi) is 7.84. The Balaban J connectivity index is 1.60. The molecule has 3 rings (SSSR count). The van der Waals surface area contributed by atoms with Crippen molar-refractivity contribution in [2.75, 3.05) is 25.0 Å². The topological polar surface area (TPSA) is 134 Å². The Hall–Kier alpha value is -3.23. The van der Waals surface area contributed by atoms with Gasteiger partial charge in [0.1, 0.15) is 5.82 Å². The van der Waals surface area contributed by atoms with E-state index in [1.54, 1.807) is 24.6 Å². The van der Waals surface area contributed by atoms with Gasteiger partial charge in [-0.2, -0.15) is 14.7 Å². The van der Waals surface area contributed by atoms with E-state index in [1.165, 1.54) is 28.6 Å². The number of aryl methyl sites for hydroxylation is 2. The summed E-state index contributed by atoms with van der Waals surface area (Å²) < 4.78 is 33.8. The third kappa shape index (κ3) is 5.77. The van der Waals surface area contributed by atoms with E-state index in [-0.39, 0.29) is 48.4 Å². The Morgan fingerprint density at radius 3 is 2.52 bits per heavy atom. The number of amides is 1. The van der Waals surface area contributed by atoms with Crippen LogP contribution in [0.3, 0.4) is 0 Å². The van der Waals surface area contributed by atoms with Crippen LogP contribution in [-0.2, 0) is 26.1 Å². The minimum absolute atomic E-state index is 0.0929. The summed E-state index contributed by atoms with van der Waals surface area (Å²) >= 11 is 0. The predicted molar refractivity (Wildman–Crippen MR) is 120 cm³/mol. The van der Waals surface area contributed by atoms with Crippen molar-refractivity contribution in [3.05, 3.63) is 41.6 Å². The molecule has 2 heterocycles. The minimum atomic E-state index is -3.73. The Bertz CT molecular complexity index is 1140. The number of nitrogens with zero attached hydrogens (tertiary/aromatic N) is 4. The molecule has 0 saturated carbocycles. The van der Waals surface area contributed by atoms with Crippen LogP contribution in [0.1, 0.15) is 42.2 Å². The molecule has 1 fully saturated rings. The van der Waals surface area contributed by atoms with Crippen LogP contribution < -0.4 is 5.32 Å². The smallest absolute Gasteiger partial charge is 0.338 e. The number of aromatic nitrogens is 2. The molecule has 1 aliphatic heterocycles. The maximum absolute atomic E-state index is 13.0. The number of hydrogen-bond donors (Lipinski definition) is 1. The van der Waals surface area contributed by atoms with E-state index in [9.17, 15) is 18.0 Å². The van der Waals surface area contributed by atoms with Crippen molar-refractivity contribution in [1.29, 1.82) is 5.26 Å². The van der Waals surface area contributed by atoms with E-state index < -0.39 is 16.0 Å². The zero-order valence-corrected chi connectivity index (χ0v) is 19.5. The van der Waals surface area contributed by atoms with E-state index in [4.69, 9.17) is 10.00 Å². The molecule has 0 aliphatic carbocycles. The number of carbonyl (C=O) groups is 2. The maximum Gasteiger partial charge on any atom is 0.338 e. The van der Waals surface area contributed by atoms with Gasteiger partial charge in [-0.05, 0) is 51.0 Å². The minimum Gasteiger partial charge on any atom is -0.462 e. The number of nitriles is 1. The third-order valence-corrected chi connectivity index (χ3v) is 7.33. The average molecular weight is 474 g/mol. The van der Waals surface area contributed by atoms with E-state index in [0.717, 1.165) is 5.69 Å². The quantitative estimate of drug-likeness (QED) is 0.581. The van der Waals surface area contributed by atoms with Crippen molar-refractivity contribution < 1.29 is 22.7 Å². The van der Waals surface area contributed by atoms with E-state index in [0.29, 0.717) is 25.2 Å². The third-order valence-electron chi connectivity index (χ3n) is 5.42. The maximum atomic E-state index is 13.0. The molecule has 2 aromatic rings. The summed E-state index contributed by atoms with van der Waals surface area (Å²) in [5.74, 6) is -0.492. The number of esters is 1. The highest BCUT2D eigenvalue weighted by atomic mass is 32.2. The molecule has 1 amide bonds. The first kappa shape index (κ1) is 24.4. The number of rotatable bonds is 8. The van der Waals surface area contributed by atoms with Gasteiger partial charge in [0.25, 0.3) is 0 Å². The van der Waals surface area contributed by atoms with E-state index >= 15 is 0 Å². The molecular weight excluding hydrogens is 446 g/mol. The first-order valence-corrected chi connectivity index (χ1v) is 12.2. The lowest BCUT2D eigenvalue weighted by Crippen LogP contribution is -2.41. The number of benzene rings is 1. The fourth-order valence-electron chi connectivity index (χ4n) is 3.69. The zero-order chi connectivity index (χ0) is 24.0. The monoisotopic (exact) mass is 473 g/mol. The van der Waals surface area contributed by atoms with Crippen molar-refractivity contribution in [2.45, 2.75) is 44.6 Å². The number of anilines is 1. The summed E-state index contributed by atoms with van der Waals surface area (Å²) in [7, 11) is -3.73. The Morgan fingerprint density at radius 1 is 1.24 bits per heavy atom. The number of sulfonamides is 1. The van der Waals surface area contributed by atoms with Crippen LogP contribution in [0.5, 0.6) is 0 Å². The number of ether oxygens (including phenoxy) is 1. The number of carbonyl (C=O) groups excluding carboxylic acids is 2. The fourth-order valence-corrected chi connectivity index (χ4v) is 5.16. The van der Waals surface area contributed by atoms with E-state index in [1.807, 2.05) is 0 Å². The number of nitrogens with one attached hydrogen (secondary N) is 1. The van der Waals surface area contributed by atoms with Crippen molar-refractivity contribution in [1.82, 2.24) is 14.1 Å². The van der Waals surface area contributed by atoms with Crippen LogP contribution in [0.2, 0.25) is 0 Å². The first-order chi connectivity index (χ1) is 15.8. The molecule has 0 atom stereocenters. The van der Waals surface area contributed by atoms with Gasteiger partial charge in [0.05, 0.1) is 41.8 Å². The van der Waals surface area contributed by atoms with Crippen molar-refractivity contribution >= 4 is 27.7 Å². The summed E-state index contributed by atoms with van der Waals surface area (Å²) in [6, 6.07) is 9.46. The molecule has 0 spiro atoms. The molecule has 1 aromatic heterocycles. The molecule has 0 bridgehead atoms. The van der Waals surface area contributed by atoms with Gasteiger partial charge in [-0.25, -0.2) is 17.9 Å². The molecule has 33 heavy (non-hydrogen) atoms. The van der Waals surface area contributed by atoms with Gasteiger partial charge in [-0.1, -0.05) is 0 Å². The van der Waals surface area contributed by atoms with Gasteiger partial charge in [-0.15, -0.1) is 0 Å². The largest absolute Gasteiger partial charge is 0.462 e. The van der Waals surface area contributed by atoms with Crippen LogP contribution in [0.4, 0.5) is 5.82 Å². The lowest BCUT2D eigenvalue weighted by molar-refractivity contribution is -0.121. The average Bonchev–Trinajstić information content (AvgIpc) is 3.16. The molecule has 0 unspecified atom stereocenters. The lowest BCUT2D eigenvalue weighted by Gasteiger charge is -2.30. The second-order valence-corrected chi connectivity index (χ2v) is 9.65. The summed E-state index contributed by atoms with van der Waals surface area (Å²) in [6.07, 6.45) is 1.05. The zero-order valence-electron chi connectivity index (χ0n) is 18.7. The van der Waals surface area contributed by atoms with Gasteiger partial charge in [0, 0.05) is 25.1 Å². The highest BCUT2D eigenvalue weighted by molar-refractivity contribution is 7.89. The van der Waals surface area contributed by atoms with Gasteiger partial charge in [0.2, 0.25) is 15.9 Å². The van der Waals surface area contributed by atoms with Crippen LogP contribution >= 0.6 is 0 Å². The van der Waals surface area contributed by atoms with Gasteiger partial charge in [-0.3, -0.25) is 4.79 Å². The standard InChI is InChI=1S/C22H27N5O5S/c1-3-32-22(29)18-5-7-19(8-6-18)33(30,31)26-13-9-17(10-14-26)21(28)24-20-15-16(2)25-27(20)12-4-11-23/h5-8,15,17H,3-4,9-10,12-14H2,1-2H3,(H,24,28). The van der Waals surface area contributed by atoms with Crippen LogP contribution in [0.15, 0.2) is 35.2 Å². The molecule has 176 valence electrons. The summed E-state index contributed by atoms with van der Waals surface area (Å²) in [5.41, 5.74) is 1.02. The Labute approximate surface area is 193 Å². The normalized spacial score (nSPS) is 15.1. The van der Waals surface area contributed by atoms with Crippen molar-refractivity contribution in [2.24, 2.45) is 5.92 Å². The van der Waals surface area contributed by atoms with Gasteiger partial charge < -0.3 is 10.1 Å². The summed E-state index contributed by atoms with van der Waals surface area (Å²) in [4.78, 5) is 24.6. The SMILES string of the molecule is CCOC(=O)c1ccc(S(=O)(=O)N2CCC(C(=O)Nc3cc(C)nn3CCC#N)CC2)cc1. The van der Waals surface area contributed by atoms with Crippen molar-refractivity contribution in [3.8, 4) is 6.07 Å². The molecule has 1 aromatic carbocycles. The second kappa shape index (κ2) is 10.6. The van der Waals surface area contributed by atoms with Crippen LogP contribution in [-0.4, -0.2) is 54.1 Å². The molecule has 10 nitrogen and oxygen atoms in total. The van der Waals surface area contributed by atoms with Crippen molar-refractivity contribution in [3.63, 3.8) is 0 Å². The molecule has 1 N–H and O–H groups in total. The Morgan fingerprint density at radius 2 is 1.91 bits per heavy atom. The molecule has 1 saturated heterocycles. The van der Waals surface area contributed by atoms with Gasteiger partial charge >= 0.3 is 5.97 Å². The number of piperidine rings is 1. The molecule has 0 radical (unpaired) electrons. The number of hydrogen-bond acceptors (Lipinski definition) is 7. The summed E-state index contributed by atoms with van der Waals surface area (Å²) in [6.45, 7) is 4.56. The van der Waals surface area contributed by atoms with Crippen LogP contribution in [0.25, 0.3) is 0 Å². The van der Waals surface area contributed by atoms with Gasteiger partial charge in [0.15, 0.2) is 0 Å². The van der Waals surface area contributed by atoms with Crippen LogP contribution in [0, 0.1) is 24.2 Å². The lowest BCUT2D eigenvalue weighted by atomic mass is 9.97. The summed E-state index contributed by atoms with van der Waals surface area (Å²) in [5, 5.41) is 15.9. The highest BCUT2D eigenvalue weighted by Gasteiger charge is 2.32. The molecule has 1 aliphatic rings. The fraction of sp³-hybridized carbons (Fsp3) is 0.455. The molecule has 11 heteroatoms. The second-order valence-electron chi connectivity index (χ2n) is 7.71.